The Labute approximate surface area is 106 Å². The Morgan fingerprint density at radius 2 is 2.12 bits per heavy atom. The molecule has 3 heteroatoms. The van der Waals surface area contributed by atoms with Crippen molar-refractivity contribution >= 4 is 0 Å². The van der Waals surface area contributed by atoms with Crippen molar-refractivity contribution in [1.29, 1.82) is 0 Å². The largest absolute Gasteiger partial charge is 0.378 e. The third-order valence-corrected chi connectivity index (χ3v) is 4.23. The van der Waals surface area contributed by atoms with Crippen molar-refractivity contribution in [2.75, 3.05) is 33.3 Å². The van der Waals surface area contributed by atoms with Gasteiger partial charge in [-0.2, -0.15) is 0 Å². The number of hydrogen-bond acceptors (Lipinski definition) is 3. The highest BCUT2D eigenvalue weighted by Gasteiger charge is 2.18. The van der Waals surface area contributed by atoms with Crippen LogP contribution in [0.4, 0.5) is 0 Å². The van der Waals surface area contributed by atoms with Crippen LogP contribution in [0, 0.1) is 0 Å². The maximum atomic E-state index is 5.67. The van der Waals surface area contributed by atoms with E-state index >= 15 is 0 Å². The zero-order valence-electron chi connectivity index (χ0n) is 11.3. The van der Waals surface area contributed by atoms with E-state index in [0.29, 0.717) is 6.10 Å². The van der Waals surface area contributed by atoms with Crippen molar-refractivity contribution in [2.45, 2.75) is 57.1 Å². The van der Waals surface area contributed by atoms with Crippen LogP contribution >= 0.6 is 0 Å². The fraction of sp³-hybridized carbons (Fsp3) is 1.00. The van der Waals surface area contributed by atoms with Gasteiger partial charge < -0.3 is 15.0 Å². The molecule has 1 N–H and O–H groups in total. The van der Waals surface area contributed by atoms with Gasteiger partial charge in [0.1, 0.15) is 0 Å². The minimum atomic E-state index is 0.569. The lowest BCUT2D eigenvalue weighted by Gasteiger charge is -2.27. The van der Waals surface area contributed by atoms with Crippen LogP contribution in [0.25, 0.3) is 0 Å². The van der Waals surface area contributed by atoms with Gasteiger partial charge in [-0.05, 0) is 71.6 Å². The van der Waals surface area contributed by atoms with Crippen molar-refractivity contribution in [1.82, 2.24) is 10.2 Å². The first kappa shape index (κ1) is 13.3. The second-order valence-corrected chi connectivity index (χ2v) is 5.59. The van der Waals surface area contributed by atoms with Gasteiger partial charge >= 0.3 is 0 Å². The van der Waals surface area contributed by atoms with Gasteiger partial charge in [-0.25, -0.2) is 0 Å². The smallest absolute Gasteiger partial charge is 0.0576 e. The molecule has 3 nitrogen and oxygen atoms in total. The van der Waals surface area contributed by atoms with Crippen molar-refractivity contribution in [3.05, 3.63) is 0 Å². The topological polar surface area (TPSA) is 24.5 Å². The highest BCUT2D eigenvalue weighted by Crippen LogP contribution is 2.18. The molecular formula is C14H28N2O. The molecule has 0 aromatic rings. The normalized spacial score (nSPS) is 30.7. The van der Waals surface area contributed by atoms with Crippen LogP contribution in [0.2, 0.25) is 0 Å². The fourth-order valence-electron chi connectivity index (χ4n) is 3.06. The Balaban J connectivity index is 1.60. The molecule has 0 aromatic heterocycles. The minimum Gasteiger partial charge on any atom is -0.378 e. The summed E-state index contributed by atoms with van der Waals surface area (Å²) in [7, 11) is 2.30. The molecule has 2 aliphatic rings. The van der Waals surface area contributed by atoms with Crippen LogP contribution in [0.5, 0.6) is 0 Å². The van der Waals surface area contributed by atoms with Gasteiger partial charge in [-0.1, -0.05) is 0 Å². The van der Waals surface area contributed by atoms with Crippen LogP contribution in [0.15, 0.2) is 0 Å². The summed E-state index contributed by atoms with van der Waals surface area (Å²) >= 11 is 0. The molecule has 2 heterocycles. The van der Waals surface area contributed by atoms with Gasteiger partial charge in [0.15, 0.2) is 0 Å². The molecular weight excluding hydrogens is 212 g/mol. The molecule has 0 saturated carbocycles. The molecule has 0 bridgehead atoms. The van der Waals surface area contributed by atoms with E-state index in [0.717, 1.165) is 12.6 Å². The molecule has 2 fully saturated rings. The second kappa shape index (κ2) is 7.34. The lowest BCUT2D eigenvalue weighted by Crippen LogP contribution is -2.33. The molecule has 0 aromatic carbocycles. The van der Waals surface area contributed by atoms with E-state index in [9.17, 15) is 0 Å². The summed E-state index contributed by atoms with van der Waals surface area (Å²) in [5, 5.41) is 3.49. The summed E-state index contributed by atoms with van der Waals surface area (Å²) in [4.78, 5) is 2.57. The zero-order valence-corrected chi connectivity index (χ0v) is 11.3. The Bertz CT molecular complexity index is 196. The quantitative estimate of drug-likeness (QED) is 0.795. The number of nitrogens with one attached hydrogen (secondary N) is 1. The molecule has 0 spiro atoms. The average Bonchev–Trinajstić information content (AvgIpc) is 2.69. The van der Waals surface area contributed by atoms with Gasteiger partial charge in [-0.15, -0.1) is 0 Å². The fourth-order valence-corrected chi connectivity index (χ4v) is 3.06. The van der Waals surface area contributed by atoms with E-state index in [1.54, 1.807) is 0 Å². The van der Waals surface area contributed by atoms with Crippen LogP contribution in [-0.2, 0) is 4.74 Å². The van der Waals surface area contributed by atoms with E-state index in [2.05, 4.69) is 17.3 Å². The van der Waals surface area contributed by atoms with Crippen LogP contribution in [-0.4, -0.2) is 50.3 Å². The van der Waals surface area contributed by atoms with Gasteiger partial charge in [0.25, 0.3) is 0 Å². The van der Waals surface area contributed by atoms with Crippen molar-refractivity contribution < 1.29 is 4.74 Å². The summed E-state index contributed by atoms with van der Waals surface area (Å²) in [5.41, 5.74) is 0. The molecule has 2 saturated heterocycles. The van der Waals surface area contributed by atoms with E-state index < -0.39 is 0 Å². The van der Waals surface area contributed by atoms with E-state index in [1.165, 1.54) is 64.6 Å². The Morgan fingerprint density at radius 1 is 1.18 bits per heavy atom. The molecule has 2 atom stereocenters. The number of rotatable bonds is 5. The van der Waals surface area contributed by atoms with Crippen LogP contribution < -0.4 is 5.32 Å². The van der Waals surface area contributed by atoms with Gasteiger partial charge in [0.05, 0.1) is 6.10 Å². The SMILES string of the molecule is CN(CCCC1CCCO1)C1CCCNCC1. The second-order valence-electron chi connectivity index (χ2n) is 5.59. The van der Waals surface area contributed by atoms with Crippen molar-refractivity contribution in [2.24, 2.45) is 0 Å². The molecule has 17 heavy (non-hydrogen) atoms. The first-order chi connectivity index (χ1) is 8.36. The van der Waals surface area contributed by atoms with E-state index in [4.69, 9.17) is 4.74 Å². The number of ether oxygens (including phenoxy) is 1. The maximum Gasteiger partial charge on any atom is 0.0576 e. The molecule has 0 radical (unpaired) electrons. The minimum absolute atomic E-state index is 0.569. The van der Waals surface area contributed by atoms with Gasteiger partial charge in [0, 0.05) is 12.6 Å². The number of hydrogen-bond donors (Lipinski definition) is 1. The molecule has 0 amide bonds. The predicted octanol–water partition coefficient (Wildman–Crippen LogP) is 2.02. The highest BCUT2D eigenvalue weighted by atomic mass is 16.5. The molecule has 0 aliphatic carbocycles. The average molecular weight is 240 g/mol. The molecule has 2 rings (SSSR count). The summed E-state index contributed by atoms with van der Waals surface area (Å²) in [6.45, 7) is 4.64. The Kier molecular flexibility index (Phi) is 5.75. The highest BCUT2D eigenvalue weighted by molar-refractivity contribution is 4.74. The zero-order chi connectivity index (χ0) is 11.9. The Hall–Kier alpha value is -0.120. The standard InChI is InChI=1S/C14H28N2O/c1-16(13-5-2-9-15-10-8-13)11-3-6-14-7-4-12-17-14/h13-15H,2-12H2,1H3. The van der Waals surface area contributed by atoms with Crippen LogP contribution in [0.1, 0.15) is 44.9 Å². The monoisotopic (exact) mass is 240 g/mol. The van der Waals surface area contributed by atoms with E-state index in [1.807, 2.05) is 0 Å². The first-order valence-electron chi connectivity index (χ1n) is 7.39. The maximum absolute atomic E-state index is 5.67. The lowest BCUT2D eigenvalue weighted by molar-refractivity contribution is 0.0974. The van der Waals surface area contributed by atoms with E-state index in [-0.39, 0.29) is 0 Å². The molecule has 2 aliphatic heterocycles. The molecule has 2 unspecified atom stereocenters. The third-order valence-electron chi connectivity index (χ3n) is 4.23. The van der Waals surface area contributed by atoms with Crippen molar-refractivity contribution in [3.63, 3.8) is 0 Å². The van der Waals surface area contributed by atoms with Crippen LogP contribution in [0.3, 0.4) is 0 Å². The Morgan fingerprint density at radius 3 is 2.94 bits per heavy atom. The number of nitrogens with zero attached hydrogens (tertiary/aromatic N) is 1. The van der Waals surface area contributed by atoms with Gasteiger partial charge in [0.2, 0.25) is 0 Å². The summed E-state index contributed by atoms with van der Waals surface area (Å²) < 4.78 is 5.67. The lowest BCUT2D eigenvalue weighted by atomic mass is 10.1. The predicted molar refractivity (Wildman–Crippen MR) is 71.3 cm³/mol. The summed E-state index contributed by atoms with van der Waals surface area (Å²) in [5.74, 6) is 0. The van der Waals surface area contributed by atoms with Crippen molar-refractivity contribution in [3.8, 4) is 0 Å². The summed E-state index contributed by atoms with van der Waals surface area (Å²) in [6.07, 6.45) is 9.70. The molecule has 100 valence electrons. The first-order valence-corrected chi connectivity index (χ1v) is 7.39. The van der Waals surface area contributed by atoms with Gasteiger partial charge in [-0.3, -0.25) is 0 Å². The summed E-state index contributed by atoms with van der Waals surface area (Å²) in [6, 6.07) is 0.800. The third kappa shape index (κ3) is 4.57.